The molecule has 1 aromatic rings. The molecular weight excluding hydrogens is 174 g/mol. The summed E-state index contributed by atoms with van der Waals surface area (Å²) in [5.41, 5.74) is 0.409. The topological polar surface area (TPSA) is 28.2 Å². The van der Waals surface area contributed by atoms with Crippen LogP contribution in [0.4, 0.5) is 5.82 Å². The standard InChI is InChI=1S/C11H15N3/c1-2-6-13-10(3-1)14-8-7-12-9-11(14)4-5-11/h1-3,6,12H,4-5,7-9H2. The van der Waals surface area contributed by atoms with Crippen LogP contribution in [0.2, 0.25) is 0 Å². The van der Waals surface area contributed by atoms with Crippen molar-refractivity contribution in [3.63, 3.8) is 0 Å². The molecule has 0 amide bonds. The van der Waals surface area contributed by atoms with Gasteiger partial charge in [-0.1, -0.05) is 6.07 Å². The summed E-state index contributed by atoms with van der Waals surface area (Å²) in [5, 5.41) is 3.47. The Balaban J connectivity index is 1.90. The zero-order chi connectivity index (χ0) is 9.43. The Bertz CT molecular complexity index is 319. The predicted molar refractivity (Wildman–Crippen MR) is 56.4 cm³/mol. The molecule has 1 saturated heterocycles. The van der Waals surface area contributed by atoms with Gasteiger partial charge in [0.05, 0.1) is 5.54 Å². The van der Waals surface area contributed by atoms with E-state index in [0.29, 0.717) is 5.54 Å². The summed E-state index contributed by atoms with van der Waals surface area (Å²) in [7, 11) is 0. The Hall–Kier alpha value is -1.09. The highest BCUT2D eigenvalue weighted by atomic mass is 15.3. The number of hydrogen-bond donors (Lipinski definition) is 1. The fourth-order valence-corrected chi connectivity index (χ4v) is 2.31. The van der Waals surface area contributed by atoms with E-state index in [1.165, 1.54) is 12.8 Å². The number of aromatic nitrogens is 1. The smallest absolute Gasteiger partial charge is 0.129 e. The quantitative estimate of drug-likeness (QED) is 0.715. The first kappa shape index (κ1) is 8.24. The largest absolute Gasteiger partial charge is 0.348 e. The summed E-state index contributed by atoms with van der Waals surface area (Å²) in [4.78, 5) is 6.91. The SMILES string of the molecule is c1ccc(N2CCNCC23CC3)nc1. The molecule has 1 saturated carbocycles. The van der Waals surface area contributed by atoms with Crippen LogP contribution < -0.4 is 10.2 Å². The van der Waals surface area contributed by atoms with E-state index in [9.17, 15) is 0 Å². The van der Waals surface area contributed by atoms with Gasteiger partial charge in [-0.05, 0) is 25.0 Å². The molecule has 14 heavy (non-hydrogen) atoms. The highest BCUT2D eigenvalue weighted by Crippen LogP contribution is 2.43. The van der Waals surface area contributed by atoms with Crippen molar-refractivity contribution in [2.75, 3.05) is 24.5 Å². The van der Waals surface area contributed by atoms with Gasteiger partial charge in [-0.2, -0.15) is 0 Å². The van der Waals surface area contributed by atoms with Crippen LogP contribution in [0.1, 0.15) is 12.8 Å². The molecule has 2 heterocycles. The van der Waals surface area contributed by atoms with Crippen LogP contribution in [0.5, 0.6) is 0 Å². The second-order valence-corrected chi connectivity index (χ2v) is 4.24. The second kappa shape index (κ2) is 2.95. The molecule has 0 radical (unpaired) electrons. The van der Waals surface area contributed by atoms with Crippen LogP contribution >= 0.6 is 0 Å². The zero-order valence-corrected chi connectivity index (χ0v) is 8.24. The van der Waals surface area contributed by atoms with Crippen molar-refractivity contribution in [1.82, 2.24) is 10.3 Å². The van der Waals surface area contributed by atoms with Crippen LogP contribution in [0.3, 0.4) is 0 Å². The minimum atomic E-state index is 0.409. The first-order valence-corrected chi connectivity index (χ1v) is 5.30. The maximum Gasteiger partial charge on any atom is 0.129 e. The number of nitrogens with one attached hydrogen (secondary N) is 1. The average molecular weight is 189 g/mol. The summed E-state index contributed by atoms with van der Waals surface area (Å²) < 4.78 is 0. The first-order chi connectivity index (χ1) is 6.91. The van der Waals surface area contributed by atoms with Gasteiger partial charge in [0.1, 0.15) is 5.82 Å². The van der Waals surface area contributed by atoms with Gasteiger partial charge in [0.15, 0.2) is 0 Å². The van der Waals surface area contributed by atoms with Gasteiger partial charge in [-0.25, -0.2) is 4.98 Å². The number of anilines is 1. The number of rotatable bonds is 1. The molecular formula is C11H15N3. The van der Waals surface area contributed by atoms with E-state index in [0.717, 1.165) is 25.5 Å². The fourth-order valence-electron chi connectivity index (χ4n) is 2.31. The molecule has 0 atom stereocenters. The number of pyridine rings is 1. The maximum absolute atomic E-state index is 4.44. The van der Waals surface area contributed by atoms with E-state index < -0.39 is 0 Å². The lowest BCUT2D eigenvalue weighted by Crippen LogP contribution is -2.53. The normalized spacial score (nSPS) is 23.9. The van der Waals surface area contributed by atoms with Crippen LogP contribution in [-0.2, 0) is 0 Å². The Morgan fingerprint density at radius 1 is 1.36 bits per heavy atom. The zero-order valence-electron chi connectivity index (χ0n) is 8.24. The van der Waals surface area contributed by atoms with Crippen LogP contribution in [0.25, 0.3) is 0 Å². The molecule has 2 aliphatic rings. The Morgan fingerprint density at radius 3 is 3.00 bits per heavy atom. The summed E-state index contributed by atoms with van der Waals surface area (Å²) >= 11 is 0. The molecule has 3 heteroatoms. The molecule has 74 valence electrons. The summed E-state index contributed by atoms with van der Waals surface area (Å²) in [5.74, 6) is 1.14. The molecule has 1 N–H and O–H groups in total. The van der Waals surface area contributed by atoms with Crippen LogP contribution in [0.15, 0.2) is 24.4 Å². The number of hydrogen-bond acceptors (Lipinski definition) is 3. The third-order valence-corrected chi connectivity index (χ3v) is 3.29. The van der Waals surface area contributed by atoms with Crippen LogP contribution in [0, 0.1) is 0 Å². The van der Waals surface area contributed by atoms with Gasteiger partial charge < -0.3 is 10.2 Å². The molecule has 3 nitrogen and oxygen atoms in total. The lowest BCUT2D eigenvalue weighted by atomic mass is 10.1. The van der Waals surface area contributed by atoms with Gasteiger partial charge >= 0.3 is 0 Å². The average Bonchev–Trinajstić information content (AvgIpc) is 3.01. The molecule has 1 aromatic heterocycles. The first-order valence-electron chi connectivity index (χ1n) is 5.30. The lowest BCUT2D eigenvalue weighted by molar-refractivity contribution is 0.460. The van der Waals surface area contributed by atoms with Crippen molar-refractivity contribution in [3.05, 3.63) is 24.4 Å². The molecule has 1 spiro atoms. The molecule has 3 rings (SSSR count). The Morgan fingerprint density at radius 2 is 2.29 bits per heavy atom. The van der Waals surface area contributed by atoms with E-state index in [4.69, 9.17) is 0 Å². The maximum atomic E-state index is 4.44. The van der Waals surface area contributed by atoms with Crippen molar-refractivity contribution < 1.29 is 0 Å². The summed E-state index contributed by atoms with van der Waals surface area (Å²) in [6.07, 6.45) is 4.51. The number of piperazine rings is 1. The van der Waals surface area contributed by atoms with Crippen molar-refractivity contribution >= 4 is 5.82 Å². The van der Waals surface area contributed by atoms with E-state index >= 15 is 0 Å². The van der Waals surface area contributed by atoms with E-state index in [1.54, 1.807) is 0 Å². The van der Waals surface area contributed by atoms with Crippen LogP contribution in [-0.4, -0.2) is 30.2 Å². The minimum absolute atomic E-state index is 0.409. The van der Waals surface area contributed by atoms with Crippen molar-refractivity contribution in [1.29, 1.82) is 0 Å². The molecule has 1 aliphatic heterocycles. The molecule has 0 aromatic carbocycles. The van der Waals surface area contributed by atoms with Crippen molar-refractivity contribution in [2.45, 2.75) is 18.4 Å². The minimum Gasteiger partial charge on any atom is -0.348 e. The van der Waals surface area contributed by atoms with Gasteiger partial charge in [0.25, 0.3) is 0 Å². The monoisotopic (exact) mass is 189 g/mol. The fraction of sp³-hybridized carbons (Fsp3) is 0.545. The van der Waals surface area contributed by atoms with Crippen molar-refractivity contribution in [2.24, 2.45) is 0 Å². The van der Waals surface area contributed by atoms with E-state index in [-0.39, 0.29) is 0 Å². The van der Waals surface area contributed by atoms with Gasteiger partial charge in [-0.15, -0.1) is 0 Å². The van der Waals surface area contributed by atoms with Gasteiger partial charge in [-0.3, -0.25) is 0 Å². The lowest BCUT2D eigenvalue weighted by Gasteiger charge is -2.37. The summed E-state index contributed by atoms with van der Waals surface area (Å²) in [6.45, 7) is 3.30. The third kappa shape index (κ3) is 1.20. The highest BCUT2D eigenvalue weighted by molar-refractivity contribution is 5.45. The summed E-state index contributed by atoms with van der Waals surface area (Å²) in [6, 6.07) is 6.16. The van der Waals surface area contributed by atoms with Gasteiger partial charge in [0.2, 0.25) is 0 Å². The Labute approximate surface area is 84.1 Å². The van der Waals surface area contributed by atoms with Crippen molar-refractivity contribution in [3.8, 4) is 0 Å². The highest BCUT2D eigenvalue weighted by Gasteiger charge is 2.49. The molecule has 2 fully saturated rings. The van der Waals surface area contributed by atoms with Gasteiger partial charge in [0, 0.05) is 25.8 Å². The Kier molecular flexibility index (Phi) is 1.74. The van der Waals surface area contributed by atoms with E-state index in [1.807, 2.05) is 12.3 Å². The van der Waals surface area contributed by atoms with E-state index in [2.05, 4.69) is 27.3 Å². The predicted octanol–water partition coefficient (Wildman–Crippen LogP) is 1.02. The number of nitrogens with zero attached hydrogens (tertiary/aromatic N) is 2. The third-order valence-electron chi connectivity index (χ3n) is 3.29. The molecule has 1 aliphatic carbocycles. The second-order valence-electron chi connectivity index (χ2n) is 4.24. The molecule has 0 unspecified atom stereocenters. The molecule has 0 bridgehead atoms.